The van der Waals surface area contributed by atoms with Gasteiger partial charge in [-0.2, -0.15) is 17.0 Å². The van der Waals surface area contributed by atoms with Crippen molar-refractivity contribution >= 4 is 10.2 Å². The van der Waals surface area contributed by atoms with E-state index in [1.807, 2.05) is 0 Å². The van der Waals surface area contributed by atoms with Gasteiger partial charge in [-0.1, -0.05) is 0 Å². The topological polar surface area (TPSA) is 43.9 Å². The molecule has 3 rings (SSSR count). The molecule has 104 valence electrons. The van der Waals surface area contributed by atoms with Gasteiger partial charge in [0.1, 0.15) is 0 Å². The van der Waals surface area contributed by atoms with E-state index in [1.165, 1.54) is 6.42 Å². The molecule has 0 saturated carbocycles. The van der Waals surface area contributed by atoms with Crippen LogP contribution in [0.2, 0.25) is 0 Å². The summed E-state index contributed by atoms with van der Waals surface area (Å²) in [5, 5.41) is 0. The molecule has 0 spiro atoms. The van der Waals surface area contributed by atoms with Crippen molar-refractivity contribution in [3.63, 3.8) is 0 Å². The summed E-state index contributed by atoms with van der Waals surface area (Å²) in [6.07, 6.45) is 5.39. The van der Waals surface area contributed by atoms with Crippen molar-refractivity contribution in [3.8, 4) is 0 Å². The number of fused-ring (bicyclic) bond motifs is 2. The van der Waals surface area contributed by atoms with Gasteiger partial charge in [-0.3, -0.25) is 4.90 Å². The molecule has 0 unspecified atom stereocenters. The Labute approximate surface area is 110 Å². The molecule has 3 heterocycles. The highest BCUT2D eigenvalue weighted by Gasteiger charge is 2.40. The van der Waals surface area contributed by atoms with Gasteiger partial charge < -0.3 is 0 Å². The Morgan fingerprint density at radius 2 is 1.56 bits per heavy atom. The average Bonchev–Trinajstić information content (AvgIpc) is 2.88. The Bertz CT molecular complexity index is 406. The number of rotatable bonds is 2. The highest BCUT2D eigenvalue weighted by molar-refractivity contribution is 7.86. The lowest BCUT2D eigenvalue weighted by atomic mass is 10.1. The van der Waals surface area contributed by atoms with Gasteiger partial charge in [-0.25, -0.2) is 0 Å². The monoisotopic (exact) mass is 273 g/mol. The molecule has 0 amide bonds. The van der Waals surface area contributed by atoms with Crippen molar-refractivity contribution in [3.05, 3.63) is 0 Å². The molecule has 0 N–H and O–H groups in total. The van der Waals surface area contributed by atoms with Gasteiger partial charge in [0.15, 0.2) is 0 Å². The Morgan fingerprint density at radius 1 is 0.889 bits per heavy atom. The second-order valence-corrected chi connectivity index (χ2v) is 7.74. The summed E-state index contributed by atoms with van der Waals surface area (Å²) in [7, 11) is -1.04. The smallest absolute Gasteiger partial charge is 0.282 e. The van der Waals surface area contributed by atoms with Crippen LogP contribution in [0.3, 0.4) is 0 Å². The van der Waals surface area contributed by atoms with Gasteiger partial charge in [0.2, 0.25) is 0 Å². The zero-order chi connectivity index (χ0) is 12.8. The third-order valence-corrected chi connectivity index (χ3v) is 6.83. The van der Waals surface area contributed by atoms with Gasteiger partial charge >= 0.3 is 0 Å². The zero-order valence-electron chi connectivity index (χ0n) is 11.1. The molecule has 18 heavy (non-hydrogen) atoms. The van der Waals surface area contributed by atoms with Gasteiger partial charge in [0.05, 0.1) is 0 Å². The number of hydrogen-bond acceptors (Lipinski definition) is 3. The van der Waals surface area contributed by atoms with Gasteiger partial charge in [-0.05, 0) is 39.2 Å². The molecule has 3 fully saturated rings. The maximum absolute atomic E-state index is 12.6. The fraction of sp³-hybridized carbons (Fsp3) is 1.00. The minimum atomic E-state index is -3.19. The van der Waals surface area contributed by atoms with Crippen LogP contribution in [-0.4, -0.2) is 67.2 Å². The van der Waals surface area contributed by atoms with Crippen LogP contribution in [0.4, 0.5) is 0 Å². The lowest BCUT2D eigenvalue weighted by molar-refractivity contribution is 0.245. The summed E-state index contributed by atoms with van der Waals surface area (Å²) in [5.74, 6) is 0. The van der Waals surface area contributed by atoms with Crippen molar-refractivity contribution in [1.29, 1.82) is 0 Å². The van der Waals surface area contributed by atoms with Crippen LogP contribution in [0.25, 0.3) is 0 Å². The van der Waals surface area contributed by atoms with Crippen LogP contribution in [0.1, 0.15) is 32.1 Å². The van der Waals surface area contributed by atoms with Crippen molar-refractivity contribution < 1.29 is 8.42 Å². The Morgan fingerprint density at radius 3 is 2.28 bits per heavy atom. The third kappa shape index (κ3) is 2.09. The molecule has 3 aliphatic heterocycles. The van der Waals surface area contributed by atoms with E-state index in [2.05, 4.69) is 11.9 Å². The fourth-order valence-electron chi connectivity index (χ4n) is 3.57. The Balaban J connectivity index is 1.76. The molecule has 2 bridgehead atoms. The van der Waals surface area contributed by atoms with E-state index < -0.39 is 10.2 Å². The largest absolute Gasteiger partial charge is 0.299 e. The zero-order valence-corrected chi connectivity index (χ0v) is 11.9. The van der Waals surface area contributed by atoms with Gasteiger partial charge in [0, 0.05) is 38.3 Å². The quantitative estimate of drug-likeness (QED) is 0.736. The van der Waals surface area contributed by atoms with Crippen LogP contribution in [0, 0.1) is 0 Å². The molecule has 0 radical (unpaired) electrons. The number of hydrogen-bond donors (Lipinski definition) is 0. The van der Waals surface area contributed by atoms with E-state index in [1.54, 1.807) is 8.61 Å². The molecule has 6 heteroatoms. The van der Waals surface area contributed by atoms with E-state index >= 15 is 0 Å². The van der Waals surface area contributed by atoms with E-state index in [-0.39, 0.29) is 0 Å². The molecule has 0 aromatic carbocycles. The average molecular weight is 273 g/mol. The van der Waals surface area contributed by atoms with Crippen LogP contribution in [-0.2, 0) is 10.2 Å². The van der Waals surface area contributed by atoms with Crippen molar-refractivity contribution in [2.75, 3.05) is 33.2 Å². The van der Waals surface area contributed by atoms with Gasteiger partial charge in [-0.15, -0.1) is 0 Å². The van der Waals surface area contributed by atoms with E-state index in [9.17, 15) is 8.42 Å². The number of likely N-dealkylation sites (N-methyl/N-ethyl adjacent to an activating group) is 1. The predicted molar refractivity (Wildman–Crippen MR) is 70.5 cm³/mol. The van der Waals surface area contributed by atoms with Crippen molar-refractivity contribution in [1.82, 2.24) is 13.5 Å². The van der Waals surface area contributed by atoms with E-state index in [0.29, 0.717) is 38.3 Å². The summed E-state index contributed by atoms with van der Waals surface area (Å²) in [6, 6.07) is 1.02. The minimum absolute atomic E-state index is 0.426. The number of nitrogens with zero attached hydrogens (tertiary/aromatic N) is 3. The molecule has 2 atom stereocenters. The summed E-state index contributed by atoms with van der Waals surface area (Å²) in [4.78, 5) is 2.39. The molecule has 0 aliphatic carbocycles. The fourth-order valence-corrected chi connectivity index (χ4v) is 5.31. The van der Waals surface area contributed by atoms with E-state index in [0.717, 1.165) is 25.7 Å². The maximum Gasteiger partial charge on any atom is 0.282 e. The van der Waals surface area contributed by atoms with Gasteiger partial charge in [0.25, 0.3) is 10.2 Å². The summed E-state index contributed by atoms with van der Waals surface area (Å²) < 4.78 is 28.5. The summed E-state index contributed by atoms with van der Waals surface area (Å²) in [6.45, 7) is 2.81. The normalized spacial score (nSPS) is 36.1. The standard InChI is InChI=1S/C12H23N3O2S/c1-13-11-4-5-12(13)10-15(9-6-11)18(16,17)14-7-2-3-8-14/h11-12H,2-10H2,1H3/t11-,12+/m0/s1. The molecular weight excluding hydrogens is 250 g/mol. The first-order valence-electron chi connectivity index (χ1n) is 7.06. The molecule has 5 nitrogen and oxygen atoms in total. The first-order valence-corrected chi connectivity index (χ1v) is 8.46. The van der Waals surface area contributed by atoms with Crippen molar-refractivity contribution in [2.24, 2.45) is 0 Å². The van der Waals surface area contributed by atoms with Crippen molar-refractivity contribution in [2.45, 2.75) is 44.2 Å². The van der Waals surface area contributed by atoms with Crippen LogP contribution >= 0.6 is 0 Å². The minimum Gasteiger partial charge on any atom is -0.299 e. The molecule has 0 aromatic heterocycles. The Hall–Kier alpha value is -0.170. The molecule has 3 aliphatic rings. The second-order valence-electron chi connectivity index (χ2n) is 5.81. The van der Waals surface area contributed by atoms with E-state index in [4.69, 9.17) is 0 Å². The highest BCUT2D eigenvalue weighted by Crippen LogP contribution is 2.30. The highest BCUT2D eigenvalue weighted by atomic mass is 32.2. The third-order valence-electron chi connectivity index (χ3n) is 4.83. The molecule has 3 saturated heterocycles. The first-order chi connectivity index (χ1) is 8.59. The Kier molecular flexibility index (Phi) is 3.38. The lowest BCUT2D eigenvalue weighted by Crippen LogP contribution is -2.46. The molecular formula is C12H23N3O2S. The summed E-state index contributed by atoms with van der Waals surface area (Å²) in [5.41, 5.74) is 0. The predicted octanol–water partition coefficient (Wildman–Crippen LogP) is 0.496. The summed E-state index contributed by atoms with van der Waals surface area (Å²) >= 11 is 0. The first kappa shape index (κ1) is 12.8. The second kappa shape index (κ2) is 4.74. The lowest BCUT2D eigenvalue weighted by Gasteiger charge is -2.28. The van der Waals surface area contributed by atoms with Crippen LogP contribution in [0.15, 0.2) is 0 Å². The SMILES string of the molecule is CN1[C@H]2CC[C@@H]1CN(S(=O)(=O)N1CCCC1)CC2. The van der Waals surface area contributed by atoms with Crippen LogP contribution in [0.5, 0.6) is 0 Å². The van der Waals surface area contributed by atoms with Crippen LogP contribution < -0.4 is 0 Å². The molecule has 0 aromatic rings. The maximum atomic E-state index is 12.6.